The topological polar surface area (TPSA) is 58.2 Å². The van der Waals surface area contributed by atoms with Crippen LogP contribution in [0, 0.1) is 29.4 Å². The average Bonchev–Trinajstić information content (AvgIpc) is 3.26. The summed E-state index contributed by atoms with van der Waals surface area (Å²) >= 11 is 0. The molecular formula is C21H28F2N2O2. The van der Waals surface area contributed by atoms with E-state index in [-0.39, 0.29) is 23.9 Å². The summed E-state index contributed by atoms with van der Waals surface area (Å²) < 4.78 is 26.3. The van der Waals surface area contributed by atoms with Crippen molar-refractivity contribution in [3.63, 3.8) is 0 Å². The molecule has 2 saturated carbocycles. The lowest BCUT2D eigenvalue weighted by Gasteiger charge is -2.27. The van der Waals surface area contributed by atoms with E-state index in [9.17, 15) is 18.4 Å². The molecule has 0 spiro atoms. The Morgan fingerprint density at radius 1 is 1.04 bits per heavy atom. The number of carbonyl (C=O) groups is 2. The lowest BCUT2D eigenvalue weighted by molar-refractivity contribution is -0.124. The molecule has 1 aromatic rings. The first-order chi connectivity index (χ1) is 12.8. The number of halogens is 2. The van der Waals surface area contributed by atoms with Crippen LogP contribution in [-0.2, 0) is 4.79 Å². The van der Waals surface area contributed by atoms with Crippen LogP contribution in [0.15, 0.2) is 18.2 Å². The van der Waals surface area contributed by atoms with E-state index >= 15 is 0 Å². The van der Waals surface area contributed by atoms with E-state index in [2.05, 4.69) is 10.6 Å². The predicted octanol–water partition coefficient (Wildman–Crippen LogP) is 3.81. The van der Waals surface area contributed by atoms with Crippen LogP contribution in [0.2, 0.25) is 0 Å². The highest BCUT2D eigenvalue weighted by Crippen LogP contribution is 2.53. The summed E-state index contributed by atoms with van der Waals surface area (Å²) in [4.78, 5) is 24.8. The van der Waals surface area contributed by atoms with Crippen LogP contribution in [0.3, 0.4) is 0 Å². The third-order valence-corrected chi connectivity index (χ3v) is 5.79. The number of carbonyl (C=O) groups excluding carboxylic acids is 2. The third kappa shape index (κ3) is 4.85. The number of hydrogen-bond acceptors (Lipinski definition) is 2. The molecule has 0 radical (unpaired) electrons. The first-order valence-electron chi connectivity index (χ1n) is 9.84. The fourth-order valence-corrected chi connectivity index (χ4v) is 4.24. The van der Waals surface area contributed by atoms with Crippen LogP contribution in [-0.4, -0.2) is 23.9 Å². The Bertz CT molecular complexity index is 706. The van der Waals surface area contributed by atoms with E-state index in [1.807, 2.05) is 13.8 Å². The first kappa shape index (κ1) is 19.8. The largest absolute Gasteiger partial charge is 0.350 e. The van der Waals surface area contributed by atoms with Crippen LogP contribution in [0.5, 0.6) is 0 Å². The second-order valence-electron chi connectivity index (χ2n) is 8.53. The van der Waals surface area contributed by atoms with E-state index in [4.69, 9.17) is 0 Å². The van der Waals surface area contributed by atoms with Crippen LogP contribution in [0.25, 0.3) is 0 Å². The minimum Gasteiger partial charge on any atom is -0.350 e. The Hall–Kier alpha value is -1.98. The van der Waals surface area contributed by atoms with Gasteiger partial charge < -0.3 is 10.6 Å². The molecule has 148 valence electrons. The molecule has 2 unspecified atom stereocenters. The molecule has 0 aromatic heterocycles. The SMILES string of the molecule is CC(C)(CNC(=O)c1ccc(F)c(F)c1)NC(=O)C1C2CCCCCCC21. The van der Waals surface area contributed by atoms with Crippen LogP contribution >= 0.6 is 0 Å². The summed E-state index contributed by atoms with van der Waals surface area (Å²) in [7, 11) is 0. The van der Waals surface area contributed by atoms with E-state index < -0.39 is 23.1 Å². The molecule has 0 saturated heterocycles. The van der Waals surface area contributed by atoms with E-state index in [0.29, 0.717) is 11.8 Å². The van der Waals surface area contributed by atoms with Crippen molar-refractivity contribution >= 4 is 11.8 Å². The molecular weight excluding hydrogens is 350 g/mol. The molecule has 27 heavy (non-hydrogen) atoms. The normalized spacial score (nSPS) is 25.0. The summed E-state index contributed by atoms with van der Waals surface area (Å²) in [6, 6.07) is 3.04. The lowest BCUT2D eigenvalue weighted by atomic mass is 10.0. The molecule has 0 bridgehead atoms. The fraction of sp³-hybridized carbons (Fsp3) is 0.619. The van der Waals surface area contributed by atoms with Gasteiger partial charge in [-0.3, -0.25) is 9.59 Å². The van der Waals surface area contributed by atoms with Crippen molar-refractivity contribution in [3.8, 4) is 0 Å². The molecule has 2 aliphatic carbocycles. The van der Waals surface area contributed by atoms with Crippen molar-refractivity contribution in [2.24, 2.45) is 17.8 Å². The van der Waals surface area contributed by atoms with Crippen LogP contribution in [0.4, 0.5) is 8.78 Å². The van der Waals surface area contributed by atoms with Gasteiger partial charge in [-0.1, -0.05) is 25.7 Å². The Morgan fingerprint density at radius 2 is 1.67 bits per heavy atom. The summed E-state index contributed by atoms with van der Waals surface area (Å²) in [6.45, 7) is 3.90. The van der Waals surface area contributed by atoms with Gasteiger partial charge >= 0.3 is 0 Å². The zero-order valence-electron chi connectivity index (χ0n) is 16.0. The Balaban J connectivity index is 1.51. The van der Waals surface area contributed by atoms with E-state index in [0.717, 1.165) is 25.0 Å². The molecule has 0 heterocycles. The number of amides is 2. The smallest absolute Gasteiger partial charge is 0.251 e. The number of rotatable bonds is 5. The summed E-state index contributed by atoms with van der Waals surface area (Å²) in [6.07, 6.45) is 7.21. The maximum atomic E-state index is 13.3. The van der Waals surface area contributed by atoms with Crippen molar-refractivity contribution in [3.05, 3.63) is 35.4 Å². The van der Waals surface area contributed by atoms with Gasteiger partial charge in [-0.2, -0.15) is 0 Å². The van der Waals surface area contributed by atoms with Crippen molar-refractivity contribution < 1.29 is 18.4 Å². The Kier molecular flexibility index (Phi) is 5.82. The minimum atomic E-state index is -1.06. The van der Waals surface area contributed by atoms with Crippen molar-refractivity contribution in [1.82, 2.24) is 10.6 Å². The zero-order valence-corrected chi connectivity index (χ0v) is 16.0. The second kappa shape index (κ2) is 7.95. The molecule has 1 aromatic carbocycles. The summed E-state index contributed by atoms with van der Waals surface area (Å²) in [5.41, 5.74) is -0.569. The molecule has 3 rings (SSSR count). The Labute approximate surface area is 159 Å². The van der Waals surface area contributed by atoms with Crippen LogP contribution in [0.1, 0.15) is 62.7 Å². The van der Waals surface area contributed by atoms with E-state index in [1.54, 1.807) is 0 Å². The minimum absolute atomic E-state index is 0.0525. The van der Waals surface area contributed by atoms with Crippen molar-refractivity contribution in [2.75, 3.05) is 6.54 Å². The molecule has 4 nitrogen and oxygen atoms in total. The zero-order chi connectivity index (χ0) is 19.6. The summed E-state index contributed by atoms with van der Waals surface area (Å²) in [5.74, 6) is -1.35. The Morgan fingerprint density at radius 3 is 2.26 bits per heavy atom. The van der Waals surface area contributed by atoms with Gasteiger partial charge in [0.05, 0.1) is 5.54 Å². The van der Waals surface area contributed by atoms with Crippen LogP contribution < -0.4 is 10.6 Å². The standard InChI is InChI=1S/C21H28F2N2O2/c1-21(2,12-24-19(26)13-9-10-16(22)17(23)11-13)25-20(27)18-14-7-5-3-4-6-8-15(14)18/h9-11,14-15,18H,3-8,12H2,1-2H3,(H,24,26)(H,25,27). The predicted molar refractivity (Wildman–Crippen MR) is 99.1 cm³/mol. The monoisotopic (exact) mass is 378 g/mol. The van der Waals surface area contributed by atoms with Gasteiger partial charge in [0, 0.05) is 18.0 Å². The highest BCUT2D eigenvalue weighted by molar-refractivity contribution is 5.94. The number of fused-ring (bicyclic) bond motifs is 1. The number of hydrogen-bond donors (Lipinski definition) is 2. The second-order valence-corrected chi connectivity index (χ2v) is 8.53. The molecule has 2 atom stereocenters. The maximum Gasteiger partial charge on any atom is 0.251 e. The molecule has 2 aliphatic rings. The van der Waals surface area contributed by atoms with Crippen molar-refractivity contribution in [1.29, 1.82) is 0 Å². The molecule has 2 fully saturated rings. The maximum absolute atomic E-state index is 13.3. The van der Waals surface area contributed by atoms with E-state index in [1.165, 1.54) is 31.7 Å². The molecule has 2 amide bonds. The number of benzene rings is 1. The van der Waals surface area contributed by atoms with Gasteiger partial charge in [0.15, 0.2) is 11.6 Å². The lowest BCUT2D eigenvalue weighted by Crippen LogP contribution is -2.52. The quantitative estimate of drug-likeness (QED) is 0.819. The highest BCUT2D eigenvalue weighted by atomic mass is 19.2. The number of nitrogens with one attached hydrogen (secondary N) is 2. The third-order valence-electron chi connectivity index (χ3n) is 5.79. The average molecular weight is 378 g/mol. The molecule has 6 heteroatoms. The fourth-order valence-electron chi connectivity index (χ4n) is 4.24. The molecule has 2 N–H and O–H groups in total. The summed E-state index contributed by atoms with van der Waals surface area (Å²) in [5, 5.41) is 5.75. The van der Waals surface area contributed by atoms with Gasteiger partial charge in [-0.15, -0.1) is 0 Å². The van der Waals surface area contributed by atoms with Gasteiger partial charge in [-0.25, -0.2) is 8.78 Å². The highest BCUT2D eigenvalue weighted by Gasteiger charge is 2.53. The first-order valence-corrected chi connectivity index (χ1v) is 9.84. The van der Waals surface area contributed by atoms with Gasteiger partial charge in [0.25, 0.3) is 5.91 Å². The van der Waals surface area contributed by atoms with Gasteiger partial charge in [0.2, 0.25) is 5.91 Å². The molecule has 0 aliphatic heterocycles. The van der Waals surface area contributed by atoms with Crippen molar-refractivity contribution in [2.45, 2.75) is 57.9 Å². The van der Waals surface area contributed by atoms with Gasteiger partial charge in [-0.05, 0) is 56.7 Å². The van der Waals surface area contributed by atoms with Gasteiger partial charge in [0.1, 0.15) is 0 Å².